The van der Waals surface area contributed by atoms with Gasteiger partial charge in [0.15, 0.2) is 5.89 Å². The normalized spacial score (nSPS) is 10.8. The van der Waals surface area contributed by atoms with E-state index in [0.29, 0.717) is 0 Å². The second-order valence-electron chi connectivity index (χ2n) is 4.85. The van der Waals surface area contributed by atoms with Gasteiger partial charge < -0.3 is 9.73 Å². The predicted octanol–water partition coefficient (Wildman–Crippen LogP) is 2.92. The first-order valence-electron chi connectivity index (χ1n) is 6.92. The van der Waals surface area contributed by atoms with Gasteiger partial charge in [0.2, 0.25) is 0 Å². The predicted molar refractivity (Wildman–Crippen MR) is 77.3 cm³/mol. The van der Waals surface area contributed by atoms with Gasteiger partial charge in [0.1, 0.15) is 5.76 Å². The third kappa shape index (κ3) is 4.21. The Labute approximate surface area is 115 Å². The molecule has 1 heterocycles. The van der Waals surface area contributed by atoms with Crippen LogP contribution in [0.5, 0.6) is 0 Å². The Morgan fingerprint density at radius 3 is 2.79 bits per heavy atom. The smallest absolute Gasteiger partial charge is 0.194 e. The van der Waals surface area contributed by atoms with Crippen LogP contribution in [0.3, 0.4) is 0 Å². The van der Waals surface area contributed by atoms with Crippen molar-refractivity contribution in [1.29, 1.82) is 0 Å². The van der Waals surface area contributed by atoms with Crippen LogP contribution in [-0.4, -0.2) is 18.6 Å². The zero-order chi connectivity index (χ0) is 13.5. The molecule has 0 aliphatic carbocycles. The Hall–Kier alpha value is -1.61. The molecule has 1 aromatic heterocycles. The first-order valence-corrected chi connectivity index (χ1v) is 6.92. The van der Waals surface area contributed by atoms with Crippen LogP contribution in [0.25, 0.3) is 0 Å². The maximum atomic E-state index is 5.75. The summed E-state index contributed by atoms with van der Waals surface area (Å²) in [6, 6.07) is 8.50. The number of oxazole rings is 1. The summed E-state index contributed by atoms with van der Waals surface area (Å²) in [5, 5.41) is 3.13. The molecule has 0 radical (unpaired) electrons. The summed E-state index contributed by atoms with van der Waals surface area (Å²) < 4.78 is 5.75. The van der Waals surface area contributed by atoms with Crippen LogP contribution in [0.2, 0.25) is 0 Å². The van der Waals surface area contributed by atoms with E-state index in [2.05, 4.69) is 41.5 Å². The molecular formula is C16H22N2O. The number of hydrogen-bond donors (Lipinski definition) is 1. The molecule has 2 aromatic rings. The minimum Gasteiger partial charge on any atom is -0.446 e. The maximum absolute atomic E-state index is 5.75. The topological polar surface area (TPSA) is 38.1 Å². The van der Waals surface area contributed by atoms with Crippen LogP contribution < -0.4 is 5.32 Å². The van der Waals surface area contributed by atoms with Crippen LogP contribution in [-0.2, 0) is 19.3 Å². The number of nitrogens with one attached hydrogen (secondary N) is 1. The van der Waals surface area contributed by atoms with Crippen LogP contribution in [0.4, 0.5) is 0 Å². The molecule has 2 rings (SSSR count). The Morgan fingerprint density at radius 2 is 2.00 bits per heavy atom. The molecule has 3 nitrogen and oxygen atoms in total. The van der Waals surface area contributed by atoms with Crippen molar-refractivity contribution in [2.24, 2.45) is 0 Å². The number of rotatable bonds is 7. The summed E-state index contributed by atoms with van der Waals surface area (Å²) >= 11 is 0. The molecule has 0 unspecified atom stereocenters. The molecule has 0 amide bonds. The lowest BCUT2D eigenvalue weighted by Gasteiger charge is -2.03. The average molecular weight is 258 g/mol. The molecule has 3 heteroatoms. The van der Waals surface area contributed by atoms with E-state index in [4.69, 9.17) is 4.42 Å². The fraction of sp³-hybridized carbons (Fsp3) is 0.438. The summed E-state index contributed by atoms with van der Waals surface area (Å²) in [5.41, 5.74) is 2.73. The van der Waals surface area contributed by atoms with Crippen LogP contribution in [0.1, 0.15) is 29.2 Å². The molecule has 0 saturated carbocycles. The molecule has 0 aliphatic heterocycles. The minimum absolute atomic E-state index is 0.857. The van der Waals surface area contributed by atoms with Gasteiger partial charge in [0, 0.05) is 12.8 Å². The first kappa shape index (κ1) is 13.8. The van der Waals surface area contributed by atoms with Gasteiger partial charge in [0.25, 0.3) is 0 Å². The van der Waals surface area contributed by atoms with E-state index in [1.165, 1.54) is 11.1 Å². The van der Waals surface area contributed by atoms with E-state index in [1.807, 2.05) is 13.2 Å². The molecule has 1 N–H and O–H groups in total. The molecule has 1 aromatic carbocycles. The molecular weight excluding hydrogens is 236 g/mol. The van der Waals surface area contributed by atoms with E-state index in [-0.39, 0.29) is 0 Å². The van der Waals surface area contributed by atoms with Crippen LogP contribution in [0, 0.1) is 6.92 Å². The van der Waals surface area contributed by atoms with Gasteiger partial charge in [-0.25, -0.2) is 4.98 Å². The molecule has 0 atom stereocenters. The highest BCUT2D eigenvalue weighted by Gasteiger charge is 2.05. The van der Waals surface area contributed by atoms with Crippen molar-refractivity contribution in [2.45, 2.75) is 32.6 Å². The van der Waals surface area contributed by atoms with Crippen LogP contribution >= 0.6 is 0 Å². The number of hydrogen-bond acceptors (Lipinski definition) is 3. The summed E-state index contributed by atoms with van der Waals surface area (Å²) in [5.74, 6) is 1.85. The monoisotopic (exact) mass is 258 g/mol. The molecule has 19 heavy (non-hydrogen) atoms. The van der Waals surface area contributed by atoms with Crippen molar-refractivity contribution in [3.05, 3.63) is 53.2 Å². The fourth-order valence-corrected chi connectivity index (χ4v) is 2.14. The molecule has 0 saturated heterocycles. The number of benzene rings is 1. The third-order valence-electron chi connectivity index (χ3n) is 3.32. The van der Waals surface area contributed by atoms with Gasteiger partial charge >= 0.3 is 0 Å². The van der Waals surface area contributed by atoms with Crippen molar-refractivity contribution in [2.75, 3.05) is 13.6 Å². The molecule has 102 valence electrons. The number of nitrogens with zero attached hydrogens (tertiary/aromatic N) is 1. The van der Waals surface area contributed by atoms with Crippen molar-refractivity contribution in [3.8, 4) is 0 Å². The second-order valence-corrected chi connectivity index (χ2v) is 4.85. The van der Waals surface area contributed by atoms with Gasteiger partial charge in [-0.15, -0.1) is 0 Å². The third-order valence-corrected chi connectivity index (χ3v) is 3.32. The van der Waals surface area contributed by atoms with E-state index >= 15 is 0 Å². The summed E-state index contributed by atoms with van der Waals surface area (Å²) in [7, 11) is 1.96. The average Bonchev–Trinajstić information content (AvgIpc) is 2.86. The molecule has 0 bridgehead atoms. The highest BCUT2D eigenvalue weighted by molar-refractivity contribution is 5.26. The first-order chi connectivity index (χ1) is 9.29. The fourth-order valence-electron chi connectivity index (χ4n) is 2.14. The lowest BCUT2D eigenvalue weighted by molar-refractivity contribution is 0.447. The van der Waals surface area contributed by atoms with Gasteiger partial charge in [-0.1, -0.05) is 24.3 Å². The zero-order valence-corrected chi connectivity index (χ0v) is 11.8. The van der Waals surface area contributed by atoms with Gasteiger partial charge in [-0.2, -0.15) is 0 Å². The Bertz CT molecular complexity index is 505. The summed E-state index contributed by atoms with van der Waals surface area (Å²) in [6.07, 6.45) is 5.77. The Kier molecular flexibility index (Phi) is 5.16. The lowest BCUT2D eigenvalue weighted by atomic mass is 10.0. The standard InChI is InChI=1S/C16H22N2O/c1-13-6-3-4-7-14(13)9-10-15-12-18-16(19-15)8-5-11-17-2/h3-4,6-7,12,17H,5,8-11H2,1-2H3. The number of aromatic nitrogens is 1. The van der Waals surface area contributed by atoms with Gasteiger partial charge in [-0.05, 0) is 44.5 Å². The number of aryl methyl sites for hydroxylation is 4. The Morgan fingerprint density at radius 1 is 1.16 bits per heavy atom. The van der Waals surface area contributed by atoms with E-state index < -0.39 is 0 Å². The van der Waals surface area contributed by atoms with Crippen molar-refractivity contribution < 1.29 is 4.42 Å². The summed E-state index contributed by atoms with van der Waals surface area (Å²) in [6.45, 7) is 3.15. The summed E-state index contributed by atoms with van der Waals surface area (Å²) in [4.78, 5) is 4.33. The lowest BCUT2D eigenvalue weighted by Crippen LogP contribution is -2.08. The van der Waals surface area contributed by atoms with Crippen molar-refractivity contribution in [3.63, 3.8) is 0 Å². The van der Waals surface area contributed by atoms with E-state index in [9.17, 15) is 0 Å². The largest absolute Gasteiger partial charge is 0.446 e. The maximum Gasteiger partial charge on any atom is 0.194 e. The quantitative estimate of drug-likeness (QED) is 0.776. The molecule has 0 fully saturated rings. The molecule has 0 aliphatic rings. The highest BCUT2D eigenvalue weighted by atomic mass is 16.4. The van der Waals surface area contributed by atoms with Crippen molar-refractivity contribution >= 4 is 0 Å². The van der Waals surface area contributed by atoms with E-state index in [1.54, 1.807) is 0 Å². The Balaban J connectivity index is 1.85. The van der Waals surface area contributed by atoms with Gasteiger partial charge in [0.05, 0.1) is 6.20 Å². The van der Waals surface area contributed by atoms with Gasteiger partial charge in [-0.3, -0.25) is 0 Å². The molecule has 0 spiro atoms. The SMILES string of the molecule is CNCCCc1ncc(CCc2ccccc2C)o1. The van der Waals surface area contributed by atoms with E-state index in [0.717, 1.165) is 43.9 Å². The van der Waals surface area contributed by atoms with Crippen molar-refractivity contribution in [1.82, 2.24) is 10.3 Å². The zero-order valence-electron chi connectivity index (χ0n) is 11.8. The van der Waals surface area contributed by atoms with Crippen LogP contribution in [0.15, 0.2) is 34.9 Å². The highest BCUT2D eigenvalue weighted by Crippen LogP contribution is 2.13. The minimum atomic E-state index is 0.857. The second kappa shape index (κ2) is 7.10.